The van der Waals surface area contributed by atoms with Gasteiger partial charge in [0.25, 0.3) is 0 Å². The molecule has 2 N–H and O–H groups in total. The third-order valence-electron chi connectivity index (χ3n) is 4.39. The van der Waals surface area contributed by atoms with Gasteiger partial charge >= 0.3 is 0 Å². The number of primary sulfonamides is 1. The highest BCUT2D eigenvalue weighted by molar-refractivity contribution is 7.89. The first-order chi connectivity index (χ1) is 12.9. The van der Waals surface area contributed by atoms with E-state index in [2.05, 4.69) is 0 Å². The zero-order chi connectivity index (χ0) is 19.0. The van der Waals surface area contributed by atoms with E-state index in [1.807, 2.05) is 22.5 Å². The van der Waals surface area contributed by atoms with Crippen LogP contribution in [0.5, 0.6) is 0 Å². The third kappa shape index (κ3) is 3.64. The highest BCUT2D eigenvalue weighted by Crippen LogP contribution is 2.38. The van der Waals surface area contributed by atoms with Gasteiger partial charge < -0.3 is 0 Å². The van der Waals surface area contributed by atoms with Crippen molar-refractivity contribution < 1.29 is 12.8 Å². The molecule has 0 saturated heterocycles. The number of hydrazone groups is 1. The molecule has 1 aliphatic heterocycles. The van der Waals surface area contributed by atoms with E-state index >= 15 is 0 Å². The van der Waals surface area contributed by atoms with Gasteiger partial charge in [-0.1, -0.05) is 18.2 Å². The summed E-state index contributed by atoms with van der Waals surface area (Å²) < 4.78 is 36.2. The van der Waals surface area contributed by atoms with E-state index in [-0.39, 0.29) is 16.8 Å². The molecule has 1 aromatic heterocycles. The minimum Gasteiger partial charge on any atom is -0.257 e. The number of rotatable bonds is 4. The number of hydrogen-bond acceptors (Lipinski definition) is 5. The van der Waals surface area contributed by atoms with Crippen LogP contribution in [0.15, 0.2) is 76.0 Å². The molecule has 1 unspecified atom stereocenters. The van der Waals surface area contributed by atoms with Crippen LogP contribution in [0.25, 0.3) is 0 Å². The fourth-order valence-electron chi connectivity index (χ4n) is 3.06. The molecule has 5 nitrogen and oxygen atoms in total. The lowest BCUT2D eigenvalue weighted by molar-refractivity contribution is 0.597. The molecule has 0 radical (unpaired) electrons. The summed E-state index contributed by atoms with van der Waals surface area (Å²) in [5, 5.41) is 13.8. The molecule has 138 valence electrons. The van der Waals surface area contributed by atoms with E-state index in [0.29, 0.717) is 6.42 Å². The lowest BCUT2D eigenvalue weighted by atomic mass is 10.0. The first-order valence-corrected chi connectivity index (χ1v) is 10.6. The van der Waals surface area contributed by atoms with Crippen LogP contribution in [0.4, 0.5) is 10.1 Å². The van der Waals surface area contributed by atoms with Crippen LogP contribution >= 0.6 is 11.3 Å². The molecule has 0 spiro atoms. The molecule has 8 heteroatoms. The first-order valence-electron chi connectivity index (χ1n) is 8.21. The standard InChI is InChI=1S/C19H16FN3O2S2/c20-14-5-3-13(4-6-14)17-12-18(19-2-1-11-26-19)23(22-17)15-7-9-16(10-8-15)27(21,24)25/h1-11,18H,12H2,(H2,21,24,25). The predicted molar refractivity (Wildman–Crippen MR) is 105 cm³/mol. The van der Waals surface area contributed by atoms with Crippen molar-refractivity contribution in [1.82, 2.24) is 0 Å². The maximum atomic E-state index is 13.2. The third-order valence-corrected chi connectivity index (χ3v) is 6.29. The van der Waals surface area contributed by atoms with Gasteiger partial charge in [-0.2, -0.15) is 5.10 Å². The summed E-state index contributed by atoms with van der Waals surface area (Å²) in [6, 6.07) is 16.6. The lowest BCUT2D eigenvalue weighted by Crippen LogP contribution is -2.18. The second kappa shape index (κ2) is 6.88. The molecule has 1 atom stereocenters. The van der Waals surface area contributed by atoms with Crippen molar-refractivity contribution in [3.63, 3.8) is 0 Å². The van der Waals surface area contributed by atoms with Gasteiger partial charge in [-0.05, 0) is 53.4 Å². The maximum absolute atomic E-state index is 13.2. The summed E-state index contributed by atoms with van der Waals surface area (Å²) >= 11 is 1.63. The highest BCUT2D eigenvalue weighted by Gasteiger charge is 2.30. The predicted octanol–water partition coefficient (Wildman–Crippen LogP) is 3.89. The summed E-state index contributed by atoms with van der Waals surface area (Å²) in [6.45, 7) is 0. The quantitative estimate of drug-likeness (QED) is 0.721. The first kappa shape index (κ1) is 17.8. The summed E-state index contributed by atoms with van der Waals surface area (Å²) in [5.74, 6) is -0.289. The molecule has 0 saturated carbocycles. The van der Waals surface area contributed by atoms with Crippen molar-refractivity contribution in [3.8, 4) is 0 Å². The van der Waals surface area contributed by atoms with Gasteiger partial charge in [-0.25, -0.2) is 17.9 Å². The van der Waals surface area contributed by atoms with Crippen LogP contribution in [-0.2, 0) is 10.0 Å². The van der Waals surface area contributed by atoms with Crippen molar-refractivity contribution in [1.29, 1.82) is 0 Å². The van der Waals surface area contributed by atoms with E-state index in [0.717, 1.165) is 21.8 Å². The molecule has 1 aliphatic rings. The molecule has 0 aliphatic carbocycles. The van der Waals surface area contributed by atoms with E-state index in [1.165, 1.54) is 24.3 Å². The van der Waals surface area contributed by atoms with Crippen molar-refractivity contribution in [2.75, 3.05) is 5.01 Å². The van der Waals surface area contributed by atoms with E-state index < -0.39 is 10.0 Å². The van der Waals surface area contributed by atoms with Gasteiger partial charge in [-0.15, -0.1) is 11.3 Å². The molecule has 3 aromatic rings. The molecule has 2 aromatic carbocycles. The van der Waals surface area contributed by atoms with Crippen LogP contribution in [-0.4, -0.2) is 14.1 Å². The summed E-state index contributed by atoms with van der Waals surface area (Å²) in [5.41, 5.74) is 2.48. The number of nitrogens with two attached hydrogens (primary N) is 1. The highest BCUT2D eigenvalue weighted by atomic mass is 32.2. The van der Waals surface area contributed by atoms with E-state index in [9.17, 15) is 12.8 Å². The van der Waals surface area contributed by atoms with E-state index in [4.69, 9.17) is 10.2 Å². The summed E-state index contributed by atoms with van der Waals surface area (Å²) in [4.78, 5) is 1.20. The van der Waals surface area contributed by atoms with Gasteiger partial charge in [0.05, 0.1) is 22.3 Å². The Kier molecular flexibility index (Phi) is 4.55. The normalized spacial score (nSPS) is 17.2. The number of hydrogen-bond donors (Lipinski definition) is 1. The van der Waals surface area contributed by atoms with Crippen LogP contribution in [0.2, 0.25) is 0 Å². The molecule has 0 fully saturated rings. The number of anilines is 1. The van der Waals surface area contributed by atoms with Crippen LogP contribution in [0.1, 0.15) is 22.9 Å². The fraction of sp³-hybridized carbons (Fsp3) is 0.105. The fourth-order valence-corrected chi connectivity index (χ4v) is 4.38. The van der Waals surface area contributed by atoms with Crippen LogP contribution in [0.3, 0.4) is 0 Å². The van der Waals surface area contributed by atoms with Crippen molar-refractivity contribution in [2.45, 2.75) is 17.4 Å². The number of benzene rings is 2. The number of halogens is 1. The average molecular weight is 401 g/mol. The molecule has 2 heterocycles. The second-order valence-electron chi connectivity index (χ2n) is 6.17. The van der Waals surface area contributed by atoms with Crippen molar-refractivity contribution in [2.24, 2.45) is 10.2 Å². The minimum absolute atomic E-state index is 0.00890. The molecular weight excluding hydrogens is 385 g/mol. The monoisotopic (exact) mass is 401 g/mol. The Morgan fingerprint density at radius 3 is 2.37 bits per heavy atom. The van der Waals surface area contributed by atoms with Gasteiger partial charge in [-0.3, -0.25) is 5.01 Å². The van der Waals surface area contributed by atoms with Crippen LogP contribution < -0.4 is 10.1 Å². The van der Waals surface area contributed by atoms with Crippen molar-refractivity contribution in [3.05, 3.63) is 82.3 Å². The lowest BCUT2D eigenvalue weighted by Gasteiger charge is -2.22. The van der Waals surface area contributed by atoms with Gasteiger partial charge in [0, 0.05) is 11.3 Å². The number of nitrogens with zero attached hydrogens (tertiary/aromatic N) is 2. The Labute approximate surface area is 160 Å². The smallest absolute Gasteiger partial charge is 0.238 e. The molecular formula is C19H16FN3O2S2. The maximum Gasteiger partial charge on any atom is 0.238 e. The summed E-state index contributed by atoms with van der Waals surface area (Å²) in [7, 11) is -3.75. The molecule has 0 bridgehead atoms. The molecule has 27 heavy (non-hydrogen) atoms. The number of thiophene rings is 1. The van der Waals surface area contributed by atoms with Gasteiger partial charge in [0.2, 0.25) is 10.0 Å². The zero-order valence-electron chi connectivity index (χ0n) is 14.1. The van der Waals surface area contributed by atoms with Crippen molar-refractivity contribution >= 4 is 32.8 Å². The Bertz CT molecular complexity index is 1080. The van der Waals surface area contributed by atoms with Gasteiger partial charge in [0.1, 0.15) is 5.82 Å². The van der Waals surface area contributed by atoms with E-state index in [1.54, 1.807) is 35.6 Å². The second-order valence-corrected chi connectivity index (χ2v) is 8.71. The Morgan fingerprint density at radius 1 is 1.07 bits per heavy atom. The Morgan fingerprint density at radius 2 is 1.78 bits per heavy atom. The van der Waals surface area contributed by atoms with Gasteiger partial charge in [0.15, 0.2) is 0 Å². The summed E-state index contributed by atoms with van der Waals surface area (Å²) in [6.07, 6.45) is 0.670. The Balaban J connectivity index is 1.73. The Hall–Kier alpha value is -2.55. The van der Waals surface area contributed by atoms with Crippen LogP contribution in [0, 0.1) is 5.82 Å². The number of sulfonamides is 1. The molecule has 4 rings (SSSR count). The minimum atomic E-state index is -3.75. The molecule has 0 amide bonds. The zero-order valence-corrected chi connectivity index (χ0v) is 15.8. The average Bonchev–Trinajstić information content (AvgIpc) is 3.31. The SMILES string of the molecule is NS(=O)(=O)c1ccc(N2N=C(c3ccc(F)cc3)CC2c2cccs2)cc1. The largest absolute Gasteiger partial charge is 0.257 e. The topological polar surface area (TPSA) is 75.8 Å².